The Labute approximate surface area is 80.4 Å². The minimum absolute atomic E-state index is 0.199. The summed E-state index contributed by atoms with van der Waals surface area (Å²) in [7, 11) is 1.62. The molecule has 0 fully saturated rings. The SMILES string of the molecule is COC(C)(C)C(OC(C)=O)C(C)C. The molecule has 0 N–H and O–H groups in total. The first-order chi connectivity index (χ1) is 5.81. The first kappa shape index (κ1) is 12.4. The predicted molar refractivity (Wildman–Crippen MR) is 51.5 cm³/mol. The standard InChI is InChI=1S/C10H20O3/c1-7(2)9(13-8(3)11)10(4,5)12-6/h7,9H,1-6H3. The second kappa shape index (κ2) is 4.61. The molecule has 0 saturated heterocycles. The number of esters is 1. The van der Waals surface area contributed by atoms with Crippen LogP contribution < -0.4 is 0 Å². The Morgan fingerprint density at radius 1 is 1.31 bits per heavy atom. The number of carbonyl (C=O) groups is 1. The molecule has 0 radical (unpaired) electrons. The summed E-state index contributed by atoms with van der Waals surface area (Å²) in [5.74, 6) is -0.0114. The fraction of sp³-hybridized carbons (Fsp3) is 0.900. The fourth-order valence-electron chi connectivity index (χ4n) is 1.38. The van der Waals surface area contributed by atoms with Gasteiger partial charge in [0.1, 0.15) is 6.10 Å². The first-order valence-corrected chi connectivity index (χ1v) is 4.53. The van der Waals surface area contributed by atoms with Gasteiger partial charge in [-0.05, 0) is 19.8 Å². The van der Waals surface area contributed by atoms with Crippen molar-refractivity contribution in [2.24, 2.45) is 5.92 Å². The van der Waals surface area contributed by atoms with Crippen LogP contribution in [0.4, 0.5) is 0 Å². The summed E-state index contributed by atoms with van der Waals surface area (Å²) < 4.78 is 10.5. The molecule has 78 valence electrons. The molecule has 3 heteroatoms. The van der Waals surface area contributed by atoms with Crippen molar-refractivity contribution in [1.29, 1.82) is 0 Å². The minimum Gasteiger partial charge on any atom is -0.459 e. The third-order valence-electron chi connectivity index (χ3n) is 2.11. The summed E-state index contributed by atoms with van der Waals surface area (Å²) >= 11 is 0. The van der Waals surface area contributed by atoms with Gasteiger partial charge in [0.25, 0.3) is 0 Å². The summed E-state index contributed by atoms with van der Waals surface area (Å²) in [6.45, 7) is 9.27. The van der Waals surface area contributed by atoms with Gasteiger partial charge in [0.05, 0.1) is 5.60 Å². The van der Waals surface area contributed by atoms with Crippen LogP contribution in [0.2, 0.25) is 0 Å². The number of hydrogen-bond donors (Lipinski definition) is 0. The molecule has 0 aliphatic heterocycles. The first-order valence-electron chi connectivity index (χ1n) is 4.53. The Bertz CT molecular complexity index is 173. The molecule has 0 aromatic rings. The third kappa shape index (κ3) is 3.77. The second-order valence-electron chi connectivity index (χ2n) is 4.08. The van der Waals surface area contributed by atoms with Crippen LogP contribution in [0.1, 0.15) is 34.6 Å². The van der Waals surface area contributed by atoms with Crippen molar-refractivity contribution < 1.29 is 14.3 Å². The van der Waals surface area contributed by atoms with E-state index in [2.05, 4.69) is 0 Å². The van der Waals surface area contributed by atoms with Crippen LogP contribution in [0.25, 0.3) is 0 Å². The number of carbonyl (C=O) groups excluding carboxylic acids is 1. The Morgan fingerprint density at radius 2 is 1.77 bits per heavy atom. The predicted octanol–water partition coefficient (Wildman–Crippen LogP) is 2.00. The zero-order chi connectivity index (χ0) is 10.6. The van der Waals surface area contributed by atoms with Gasteiger partial charge in [0, 0.05) is 14.0 Å². The summed E-state index contributed by atoms with van der Waals surface area (Å²) in [6, 6.07) is 0. The molecule has 0 heterocycles. The third-order valence-corrected chi connectivity index (χ3v) is 2.11. The molecule has 0 spiro atoms. The van der Waals surface area contributed by atoms with Crippen LogP contribution in [0.15, 0.2) is 0 Å². The monoisotopic (exact) mass is 188 g/mol. The average molecular weight is 188 g/mol. The molecule has 1 unspecified atom stereocenters. The molecular formula is C10H20O3. The highest BCUT2D eigenvalue weighted by atomic mass is 16.6. The van der Waals surface area contributed by atoms with Gasteiger partial charge in [-0.15, -0.1) is 0 Å². The van der Waals surface area contributed by atoms with Crippen molar-refractivity contribution >= 4 is 5.97 Å². The maximum atomic E-state index is 10.8. The average Bonchev–Trinajstić information content (AvgIpc) is 1.99. The molecule has 0 aromatic heterocycles. The van der Waals surface area contributed by atoms with Crippen molar-refractivity contribution in [3.05, 3.63) is 0 Å². The summed E-state index contributed by atoms with van der Waals surface area (Å²) in [4.78, 5) is 10.8. The lowest BCUT2D eigenvalue weighted by molar-refractivity contribution is -0.168. The van der Waals surface area contributed by atoms with Gasteiger partial charge in [-0.1, -0.05) is 13.8 Å². The van der Waals surface area contributed by atoms with E-state index in [0.717, 1.165) is 0 Å². The van der Waals surface area contributed by atoms with Gasteiger partial charge >= 0.3 is 5.97 Å². The van der Waals surface area contributed by atoms with E-state index in [1.165, 1.54) is 6.92 Å². The Morgan fingerprint density at radius 3 is 2.00 bits per heavy atom. The minimum atomic E-state index is -0.431. The van der Waals surface area contributed by atoms with Gasteiger partial charge in [-0.2, -0.15) is 0 Å². The second-order valence-corrected chi connectivity index (χ2v) is 4.08. The highest BCUT2D eigenvalue weighted by molar-refractivity contribution is 5.66. The number of rotatable bonds is 4. The molecule has 1 atom stereocenters. The topological polar surface area (TPSA) is 35.5 Å². The van der Waals surface area contributed by atoms with Crippen LogP contribution in [0.5, 0.6) is 0 Å². The van der Waals surface area contributed by atoms with Crippen molar-refractivity contribution in [2.45, 2.75) is 46.3 Å². The lowest BCUT2D eigenvalue weighted by Crippen LogP contribution is -2.44. The van der Waals surface area contributed by atoms with E-state index in [-0.39, 0.29) is 18.0 Å². The Kier molecular flexibility index (Phi) is 4.40. The molecule has 0 aromatic carbocycles. The van der Waals surface area contributed by atoms with Crippen molar-refractivity contribution in [1.82, 2.24) is 0 Å². The summed E-state index contributed by atoms with van der Waals surface area (Å²) in [6.07, 6.45) is -0.199. The molecule has 0 aliphatic rings. The van der Waals surface area contributed by atoms with Gasteiger partial charge in [0.2, 0.25) is 0 Å². The van der Waals surface area contributed by atoms with Gasteiger partial charge in [-0.3, -0.25) is 4.79 Å². The zero-order valence-electron chi connectivity index (χ0n) is 9.38. The maximum Gasteiger partial charge on any atom is 0.303 e. The van der Waals surface area contributed by atoms with E-state index in [1.54, 1.807) is 7.11 Å². The van der Waals surface area contributed by atoms with Crippen LogP contribution in [0.3, 0.4) is 0 Å². The largest absolute Gasteiger partial charge is 0.459 e. The normalized spacial score (nSPS) is 14.4. The van der Waals surface area contributed by atoms with Crippen molar-refractivity contribution in [3.8, 4) is 0 Å². The molecule has 0 bridgehead atoms. The number of methoxy groups -OCH3 is 1. The van der Waals surface area contributed by atoms with E-state index in [1.807, 2.05) is 27.7 Å². The molecule has 0 aliphatic carbocycles. The highest BCUT2D eigenvalue weighted by Gasteiger charge is 2.34. The van der Waals surface area contributed by atoms with E-state index in [9.17, 15) is 4.79 Å². The van der Waals surface area contributed by atoms with E-state index in [4.69, 9.17) is 9.47 Å². The van der Waals surface area contributed by atoms with Crippen LogP contribution in [-0.4, -0.2) is 24.8 Å². The van der Waals surface area contributed by atoms with E-state index < -0.39 is 5.60 Å². The maximum absolute atomic E-state index is 10.8. The van der Waals surface area contributed by atoms with Gasteiger partial charge in [-0.25, -0.2) is 0 Å². The van der Waals surface area contributed by atoms with Crippen molar-refractivity contribution in [3.63, 3.8) is 0 Å². The van der Waals surface area contributed by atoms with Crippen LogP contribution >= 0.6 is 0 Å². The van der Waals surface area contributed by atoms with E-state index in [0.29, 0.717) is 0 Å². The number of ether oxygens (including phenoxy) is 2. The molecule has 0 amide bonds. The highest BCUT2D eigenvalue weighted by Crippen LogP contribution is 2.23. The fourth-order valence-corrected chi connectivity index (χ4v) is 1.38. The van der Waals surface area contributed by atoms with Crippen molar-refractivity contribution in [2.75, 3.05) is 7.11 Å². The van der Waals surface area contributed by atoms with Gasteiger partial charge < -0.3 is 9.47 Å². The molecule has 13 heavy (non-hydrogen) atoms. The zero-order valence-corrected chi connectivity index (χ0v) is 9.38. The number of hydrogen-bond acceptors (Lipinski definition) is 3. The van der Waals surface area contributed by atoms with Gasteiger partial charge in [0.15, 0.2) is 0 Å². The summed E-state index contributed by atoms with van der Waals surface area (Å²) in [5.41, 5.74) is -0.431. The van der Waals surface area contributed by atoms with E-state index >= 15 is 0 Å². The lowest BCUT2D eigenvalue weighted by atomic mass is 9.92. The Balaban J connectivity index is 4.50. The quantitative estimate of drug-likeness (QED) is 0.633. The smallest absolute Gasteiger partial charge is 0.303 e. The molecular weight excluding hydrogens is 168 g/mol. The Hall–Kier alpha value is -0.570. The lowest BCUT2D eigenvalue weighted by Gasteiger charge is -2.34. The molecule has 0 rings (SSSR count). The molecule has 0 saturated carbocycles. The van der Waals surface area contributed by atoms with Crippen LogP contribution in [0, 0.1) is 5.92 Å². The summed E-state index contributed by atoms with van der Waals surface area (Å²) in [5, 5.41) is 0. The molecule has 3 nitrogen and oxygen atoms in total. The van der Waals surface area contributed by atoms with Crippen LogP contribution in [-0.2, 0) is 14.3 Å².